The Hall–Kier alpha value is -2.82. The van der Waals surface area contributed by atoms with Crippen LogP contribution in [0.4, 0.5) is 0 Å². The number of hydrogen-bond donors (Lipinski definition) is 0. The fourth-order valence-electron chi connectivity index (χ4n) is 3.73. The molecule has 32 heavy (non-hydrogen) atoms. The molecule has 0 radical (unpaired) electrons. The normalized spacial score (nSPS) is 16.0. The van der Waals surface area contributed by atoms with E-state index in [9.17, 15) is 19.2 Å². The summed E-state index contributed by atoms with van der Waals surface area (Å²) in [6.07, 6.45) is 0.550. The van der Waals surface area contributed by atoms with E-state index >= 15 is 0 Å². The Morgan fingerprint density at radius 2 is 1.53 bits per heavy atom. The summed E-state index contributed by atoms with van der Waals surface area (Å²) in [4.78, 5) is 54.8. The van der Waals surface area contributed by atoms with Crippen molar-refractivity contribution in [1.82, 2.24) is 14.7 Å². The molecule has 0 unspecified atom stereocenters. The van der Waals surface area contributed by atoms with Crippen molar-refractivity contribution < 1.29 is 33.4 Å². The predicted molar refractivity (Wildman–Crippen MR) is 113 cm³/mol. The van der Waals surface area contributed by atoms with Crippen LogP contribution in [0.2, 0.25) is 0 Å². The number of ether oxygens (including phenoxy) is 3. The number of rotatable bonds is 10. The highest BCUT2D eigenvalue weighted by molar-refractivity contribution is 6.22. The molecule has 2 aliphatic rings. The number of amides is 4. The second-order valence-corrected chi connectivity index (χ2v) is 7.59. The zero-order valence-corrected chi connectivity index (χ0v) is 18.5. The highest BCUT2D eigenvalue weighted by atomic mass is 16.5. The summed E-state index contributed by atoms with van der Waals surface area (Å²) < 4.78 is 15.1. The van der Waals surface area contributed by atoms with Crippen LogP contribution in [0.3, 0.4) is 0 Å². The molecule has 1 saturated heterocycles. The molecule has 174 valence electrons. The van der Waals surface area contributed by atoms with E-state index in [1.165, 1.54) is 17.0 Å². The van der Waals surface area contributed by atoms with Gasteiger partial charge in [0.25, 0.3) is 17.7 Å². The molecule has 0 saturated carbocycles. The zero-order valence-electron chi connectivity index (χ0n) is 18.5. The number of benzene rings is 1. The Morgan fingerprint density at radius 3 is 2.22 bits per heavy atom. The van der Waals surface area contributed by atoms with E-state index in [4.69, 9.17) is 14.2 Å². The number of carbonyl (C=O) groups excluding carboxylic acids is 4. The Kier molecular flexibility index (Phi) is 8.32. The van der Waals surface area contributed by atoms with Gasteiger partial charge in [0.05, 0.1) is 24.3 Å². The first kappa shape index (κ1) is 23.8. The molecule has 10 heteroatoms. The summed E-state index contributed by atoms with van der Waals surface area (Å²) in [5.41, 5.74) is 0.916. The molecule has 0 spiro atoms. The maximum atomic E-state index is 13.0. The van der Waals surface area contributed by atoms with Crippen LogP contribution in [0.15, 0.2) is 18.2 Å². The predicted octanol–water partition coefficient (Wildman–Crippen LogP) is 0.267. The molecule has 0 aromatic heterocycles. The van der Waals surface area contributed by atoms with Gasteiger partial charge in [-0.3, -0.25) is 24.1 Å². The number of fused-ring (bicyclic) bond motifs is 1. The molecule has 0 N–H and O–H groups in total. The van der Waals surface area contributed by atoms with Crippen molar-refractivity contribution in [3.63, 3.8) is 0 Å². The largest absolute Gasteiger partial charge is 0.385 e. The van der Waals surface area contributed by atoms with E-state index in [-0.39, 0.29) is 42.3 Å². The van der Waals surface area contributed by atoms with Gasteiger partial charge in [0.15, 0.2) is 0 Å². The number of imide groups is 1. The van der Waals surface area contributed by atoms with Crippen molar-refractivity contribution in [1.29, 1.82) is 0 Å². The average Bonchev–Trinajstić information content (AvgIpc) is 3.05. The van der Waals surface area contributed by atoms with Crippen molar-refractivity contribution in [2.45, 2.75) is 6.42 Å². The zero-order chi connectivity index (χ0) is 23.1. The number of nitrogens with zero attached hydrogens (tertiary/aromatic N) is 3. The highest BCUT2D eigenvalue weighted by Gasteiger charge is 2.36. The number of hydrogen-bond acceptors (Lipinski definition) is 7. The van der Waals surface area contributed by atoms with Gasteiger partial charge in [-0.15, -0.1) is 0 Å². The first-order valence-corrected chi connectivity index (χ1v) is 10.6. The third kappa shape index (κ3) is 5.32. The van der Waals surface area contributed by atoms with Crippen LogP contribution in [0.1, 0.15) is 37.5 Å². The maximum absolute atomic E-state index is 13.0. The SMILES string of the molecule is COCCCN1C(=O)c2ccc(C(=O)N3CCN(C(=O)COCCOC)CC3)cc2C1=O. The number of carbonyl (C=O) groups is 4. The molecule has 2 aliphatic heterocycles. The lowest BCUT2D eigenvalue weighted by molar-refractivity contribution is -0.138. The fourth-order valence-corrected chi connectivity index (χ4v) is 3.73. The third-order valence-corrected chi connectivity index (χ3v) is 5.52. The Morgan fingerprint density at radius 1 is 0.875 bits per heavy atom. The number of methoxy groups -OCH3 is 2. The lowest BCUT2D eigenvalue weighted by atomic mass is 10.0. The van der Waals surface area contributed by atoms with Gasteiger partial charge in [0.1, 0.15) is 6.61 Å². The van der Waals surface area contributed by atoms with Gasteiger partial charge in [-0.1, -0.05) is 0 Å². The Balaban J connectivity index is 1.57. The van der Waals surface area contributed by atoms with Gasteiger partial charge >= 0.3 is 0 Å². The minimum atomic E-state index is -0.389. The van der Waals surface area contributed by atoms with Gasteiger partial charge in [-0.25, -0.2) is 0 Å². The van der Waals surface area contributed by atoms with Crippen molar-refractivity contribution in [3.8, 4) is 0 Å². The summed E-state index contributed by atoms with van der Waals surface area (Å²) in [5, 5.41) is 0. The molecule has 2 heterocycles. The maximum Gasteiger partial charge on any atom is 0.261 e. The smallest absolute Gasteiger partial charge is 0.261 e. The molecular weight excluding hydrogens is 418 g/mol. The molecule has 1 aromatic carbocycles. The molecular formula is C22H29N3O7. The van der Waals surface area contributed by atoms with E-state index in [1.807, 2.05) is 0 Å². The summed E-state index contributed by atoms with van der Waals surface area (Å²) in [6.45, 7) is 3.07. The van der Waals surface area contributed by atoms with Crippen LogP contribution in [-0.4, -0.2) is 112 Å². The third-order valence-electron chi connectivity index (χ3n) is 5.52. The van der Waals surface area contributed by atoms with E-state index < -0.39 is 0 Å². The Bertz CT molecular complexity index is 865. The van der Waals surface area contributed by atoms with E-state index in [0.29, 0.717) is 63.5 Å². The van der Waals surface area contributed by atoms with Gasteiger partial charge in [-0.05, 0) is 24.6 Å². The molecule has 4 amide bonds. The van der Waals surface area contributed by atoms with E-state index in [2.05, 4.69) is 0 Å². The molecule has 0 atom stereocenters. The molecule has 3 rings (SSSR count). The average molecular weight is 447 g/mol. The van der Waals surface area contributed by atoms with Gasteiger partial charge in [0.2, 0.25) is 5.91 Å². The standard InChI is InChI=1S/C22H29N3O7/c1-30-11-3-6-25-21(28)17-5-4-16(14-18(17)22(25)29)20(27)24-9-7-23(8-10-24)19(26)15-32-13-12-31-2/h4-5,14H,3,6-13,15H2,1-2H3. The van der Waals surface area contributed by atoms with Gasteiger partial charge in [0, 0.05) is 59.1 Å². The minimum absolute atomic E-state index is 0.0147. The molecule has 1 fully saturated rings. The quantitative estimate of drug-likeness (QED) is 0.374. The van der Waals surface area contributed by atoms with Crippen LogP contribution in [0.5, 0.6) is 0 Å². The van der Waals surface area contributed by atoms with Crippen molar-refractivity contribution >= 4 is 23.6 Å². The van der Waals surface area contributed by atoms with Crippen LogP contribution in [-0.2, 0) is 19.0 Å². The molecule has 0 aliphatic carbocycles. The summed E-state index contributed by atoms with van der Waals surface area (Å²) in [5.74, 6) is -1.09. The van der Waals surface area contributed by atoms with Crippen LogP contribution in [0, 0.1) is 0 Å². The van der Waals surface area contributed by atoms with Crippen LogP contribution >= 0.6 is 0 Å². The van der Waals surface area contributed by atoms with Crippen LogP contribution < -0.4 is 0 Å². The molecule has 1 aromatic rings. The number of piperazine rings is 1. The summed E-state index contributed by atoms with van der Waals surface area (Å²) in [7, 11) is 3.13. The topological polar surface area (TPSA) is 106 Å². The summed E-state index contributed by atoms with van der Waals surface area (Å²) >= 11 is 0. The highest BCUT2D eigenvalue weighted by Crippen LogP contribution is 2.25. The van der Waals surface area contributed by atoms with E-state index in [0.717, 1.165) is 0 Å². The lowest BCUT2D eigenvalue weighted by Gasteiger charge is -2.34. The Labute approximate surface area is 187 Å². The van der Waals surface area contributed by atoms with E-state index in [1.54, 1.807) is 30.1 Å². The molecule has 10 nitrogen and oxygen atoms in total. The van der Waals surface area contributed by atoms with Crippen LogP contribution in [0.25, 0.3) is 0 Å². The second-order valence-electron chi connectivity index (χ2n) is 7.59. The minimum Gasteiger partial charge on any atom is -0.385 e. The van der Waals surface area contributed by atoms with Gasteiger partial charge < -0.3 is 24.0 Å². The first-order valence-electron chi connectivity index (χ1n) is 10.6. The fraction of sp³-hybridized carbons (Fsp3) is 0.545. The monoisotopic (exact) mass is 447 g/mol. The first-order chi connectivity index (χ1) is 15.5. The molecule has 0 bridgehead atoms. The van der Waals surface area contributed by atoms with Crippen molar-refractivity contribution in [3.05, 3.63) is 34.9 Å². The summed E-state index contributed by atoms with van der Waals surface area (Å²) in [6, 6.07) is 4.61. The second kappa shape index (κ2) is 11.2. The van der Waals surface area contributed by atoms with Gasteiger partial charge in [-0.2, -0.15) is 0 Å². The van der Waals surface area contributed by atoms with Crippen molar-refractivity contribution in [2.75, 3.05) is 73.4 Å². The van der Waals surface area contributed by atoms with Crippen molar-refractivity contribution in [2.24, 2.45) is 0 Å². The lowest BCUT2D eigenvalue weighted by Crippen LogP contribution is -2.51.